The SMILES string of the molecule is COC(=O)N(C(=O)[C@@H](N)[C@@H](c1ccc(F)cc1)c1ccc(F)c(F)c1)c1cncc(F)c1CC[C@@H]1CN[C@H](COC(=O)NCC(F)(F)F)CO1. The molecule has 1 fully saturated rings. The maximum absolute atomic E-state index is 15.3. The van der Waals surface area contributed by atoms with Gasteiger partial charge in [-0.3, -0.25) is 9.78 Å². The van der Waals surface area contributed by atoms with Crippen molar-refractivity contribution in [2.24, 2.45) is 5.73 Å². The number of nitrogens with zero attached hydrogens (tertiary/aromatic N) is 2. The van der Waals surface area contributed by atoms with E-state index in [4.69, 9.17) is 19.9 Å². The van der Waals surface area contributed by atoms with Crippen molar-refractivity contribution >= 4 is 23.8 Å². The van der Waals surface area contributed by atoms with Crippen molar-refractivity contribution in [3.63, 3.8) is 0 Å². The van der Waals surface area contributed by atoms with Gasteiger partial charge in [-0.2, -0.15) is 13.2 Å². The molecule has 1 saturated heterocycles. The highest BCUT2D eigenvalue weighted by Crippen LogP contribution is 2.32. The van der Waals surface area contributed by atoms with Gasteiger partial charge >= 0.3 is 18.4 Å². The molecule has 4 atom stereocenters. The zero-order chi connectivity index (χ0) is 36.6. The number of nitrogens with two attached hydrogens (primary N) is 1. The molecule has 2 aromatic carbocycles. The van der Waals surface area contributed by atoms with Crippen LogP contribution in [0.2, 0.25) is 0 Å². The number of hydrogen-bond donors (Lipinski definition) is 3. The topological polar surface area (TPSA) is 145 Å². The number of pyridine rings is 1. The molecule has 18 heteroatoms. The number of amides is 3. The lowest BCUT2D eigenvalue weighted by Crippen LogP contribution is -2.50. The molecule has 0 aliphatic carbocycles. The van der Waals surface area contributed by atoms with Crippen molar-refractivity contribution in [1.29, 1.82) is 0 Å². The van der Waals surface area contributed by atoms with E-state index in [1.807, 2.05) is 0 Å². The normalized spacial score (nSPS) is 17.4. The average molecular weight is 716 g/mol. The van der Waals surface area contributed by atoms with Crippen LogP contribution in [0.15, 0.2) is 54.9 Å². The van der Waals surface area contributed by atoms with Gasteiger partial charge in [-0.15, -0.1) is 0 Å². The molecule has 4 N–H and O–H groups in total. The Bertz CT molecular complexity index is 1660. The minimum atomic E-state index is -4.60. The zero-order valence-corrected chi connectivity index (χ0v) is 26.3. The number of alkyl carbamates (subject to hydrolysis) is 1. The van der Waals surface area contributed by atoms with E-state index >= 15 is 4.39 Å². The number of carbonyl (C=O) groups is 3. The Kier molecular flexibility index (Phi) is 12.7. The van der Waals surface area contributed by atoms with Gasteiger partial charge in [-0.1, -0.05) is 18.2 Å². The first-order chi connectivity index (χ1) is 23.7. The number of morpholine rings is 1. The molecule has 4 rings (SSSR count). The summed E-state index contributed by atoms with van der Waals surface area (Å²) in [4.78, 5) is 42.9. The Balaban J connectivity index is 1.51. The molecule has 3 aromatic rings. The minimum Gasteiger partial charge on any atom is -0.452 e. The summed E-state index contributed by atoms with van der Waals surface area (Å²) in [5.41, 5.74) is 6.19. The minimum absolute atomic E-state index is 0.0146. The summed E-state index contributed by atoms with van der Waals surface area (Å²) in [6.07, 6.45) is -5.76. The fraction of sp³-hybridized carbons (Fsp3) is 0.375. The van der Waals surface area contributed by atoms with E-state index in [2.05, 4.69) is 10.3 Å². The van der Waals surface area contributed by atoms with Crippen LogP contribution in [0.5, 0.6) is 0 Å². The Morgan fingerprint density at radius 1 is 1.04 bits per heavy atom. The van der Waals surface area contributed by atoms with Crippen molar-refractivity contribution in [3.8, 4) is 0 Å². The molecule has 3 amide bonds. The second-order valence-electron chi connectivity index (χ2n) is 11.2. The van der Waals surface area contributed by atoms with E-state index < -0.39 is 78.2 Å². The van der Waals surface area contributed by atoms with Crippen molar-refractivity contribution in [1.82, 2.24) is 15.6 Å². The van der Waals surface area contributed by atoms with Crippen molar-refractivity contribution in [2.75, 3.05) is 38.3 Å². The standard InChI is InChI=1S/C32H32F7N5O6/c1-48-31(47)44(29(45)28(40)27(17-2-5-19(33)6-3-17)18-4-9-23(34)24(35)10-18)26-13-41-12-25(36)22(26)8-7-21-11-42-20(14-49-21)15-50-30(46)43-16-32(37,38)39/h2-6,9-10,12-13,20-21,27-28,42H,7-8,11,14-16,40H2,1H3,(H,43,46)/t20-,21+,27-,28-/m0/s1. The Morgan fingerprint density at radius 3 is 2.36 bits per heavy atom. The predicted molar refractivity (Wildman–Crippen MR) is 162 cm³/mol. The number of ether oxygens (including phenoxy) is 3. The van der Waals surface area contributed by atoms with Crippen molar-refractivity contribution < 1.29 is 59.3 Å². The number of nitrogens with one attached hydrogen (secondary N) is 2. The van der Waals surface area contributed by atoms with Gasteiger partial charge in [0.2, 0.25) is 0 Å². The molecule has 1 aliphatic rings. The van der Waals surface area contributed by atoms with Crippen LogP contribution >= 0.6 is 0 Å². The molecule has 11 nitrogen and oxygen atoms in total. The Labute approximate surface area is 280 Å². The molecule has 50 heavy (non-hydrogen) atoms. The van der Waals surface area contributed by atoms with E-state index in [1.165, 1.54) is 18.2 Å². The number of hydrogen-bond acceptors (Lipinski definition) is 9. The van der Waals surface area contributed by atoms with Gasteiger partial charge in [0.15, 0.2) is 11.6 Å². The van der Waals surface area contributed by atoms with Crippen molar-refractivity contribution in [2.45, 2.75) is 43.1 Å². The summed E-state index contributed by atoms with van der Waals surface area (Å²) in [5, 5.41) is 4.59. The van der Waals surface area contributed by atoms with E-state index in [9.17, 15) is 40.7 Å². The molecule has 0 saturated carbocycles. The van der Waals surface area contributed by atoms with Crippen LogP contribution in [-0.2, 0) is 25.4 Å². The van der Waals surface area contributed by atoms with Gasteiger partial charge < -0.3 is 30.6 Å². The third-order valence-electron chi connectivity index (χ3n) is 7.71. The molecular formula is C32H32F7N5O6. The van der Waals surface area contributed by atoms with Gasteiger partial charge in [0.25, 0.3) is 5.91 Å². The number of anilines is 1. The Hall–Kier alpha value is -4.81. The predicted octanol–water partition coefficient (Wildman–Crippen LogP) is 4.47. The second-order valence-corrected chi connectivity index (χ2v) is 11.2. The molecule has 2 heterocycles. The summed E-state index contributed by atoms with van der Waals surface area (Å²) >= 11 is 0. The quantitative estimate of drug-likeness (QED) is 0.245. The lowest BCUT2D eigenvalue weighted by molar-refractivity contribution is -0.124. The first-order valence-electron chi connectivity index (χ1n) is 15.0. The summed E-state index contributed by atoms with van der Waals surface area (Å²) in [7, 11) is 0.967. The van der Waals surface area contributed by atoms with Crippen LogP contribution in [0, 0.1) is 23.3 Å². The van der Waals surface area contributed by atoms with Gasteiger partial charge in [-0.25, -0.2) is 32.1 Å². The first kappa shape index (κ1) is 38.0. The fourth-order valence-corrected chi connectivity index (χ4v) is 5.23. The van der Waals surface area contributed by atoms with E-state index in [0.717, 1.165) is 43.8 Å². The maximum atomic E-state index is 15.3. The molecule has 1 aliphatic heterocycles. The Morgan fingerprint density at radius 2 is 1.74 bits per heavy atom. The lowest BCUT2D eigenvalue weighted by Gasteiger charge is -2.31. The highest BCUT2D eigenvalue weighted by atomic mass is 19.4. The molecule has 0 unspecified atom stereocenters. The first-order valence-corrected chi connectivity index (χ1v) is 15.0. The highest BCUT2D eigenvalue weighted by Gasteiger charge is 2.37. The van der Waals surface area contributed by atoms with Crippen LogP contribution in [0.3, 0.4) is 0 Å². The van der Waals surface area contributed by atoms with Gasteiger partial charge in [-0.05, 0) is 48.2 Å². The molecule has 1 aromatic heterocycles. The number of methoxy groups -OCH3 is 1. The van der Waals surface area contributed by atoms with E-state index in [1.54, 1.807) is 5.32 Å². The lowest BCUT2D eigenvalue weighted by atomic mass is 9.84. The third-order valence-corrected chi connectivity index (χ3v) is 7.71. The largest absolute Gasteiger partial charge is 0.452 e. The third kappa shape index (κ3) is 9.88. The monoisotopic (exact) mass is 715 g/mol. The number of carbonyl (C=O) groups excluding carboxylic acids is 3. The summed E-state index contributed by atoms with van der Waals surface area (Å²) < 4.78 is 109. The smallest absolute Gasteiger partial charge is 0.421 e. The molecule has 270 valence electrons. The fourth-order valence-electron chi connectivity index (χ4n) is 5.23. The average Bonchev–Trinajstić information content (AvgIpc) is 3.08. The number of halogens is 7. The zero-order valence-electron chi connectivity index (χ0n) is 26.3. The van der Waals surface area contributed by atoms with Gasteiger partial charge in [0, 0.05) is 18.0 Å². The molecule has 0 spiro atoms. The van der Waals surface area contributed by atoms with Crippen LogP contribution in [0.4, 0.5) is 46.0 Å². The molecule has 0 radical (unpaired) electrons. The second kappa shape index (κ2) is 16.7. The number of benzene rings is 2. The summed E-state index contributed by atoms with van der Waals surface area (Å²) in [6, 6.07) is 5.25. The highest BCUT2D eigenvalue weighted by molar-refractivity contribution is 6.15. The van der Waals surface area contributed by atoms with Crippen LogP contribution in [-0.4, -0.2) is 80.9 Å². The van der Waals surface area contributed by atoms with E-state index in [-0.39, 0.29) is 55.0 Å². The van der Waals surface area contributed by atoms with Crippen LogP contribution in [0.1, 0.15) is 29.0 Å². The number of aromatic nitrogens is 1. The molecular weight excluding hydrogens is 683 g/mol. The number of alkyl halides is 3. The number of rotatable bonds is 11. The van der Waals surface area contributed by atoms with Crippen molar-refractivity contribution in [3.05, 3.63) is 94.8 Å². The van der Waals surface area contributed by atoms with Gasteiger partial charge in [0.05, 0.1) is 50.0 Å². The van der Waals surface area contributed by atoms with Crippen LogP contribution in [0.25, 0.3) is 0 Å². The van der Waals surface area contributed by atoms with Crippen LogP contribution < -0.4 is 21.3 Å². The van der Waals surface area contributed by atoms with Gasteiger partial charge in [0.1, 0.15) is 24.8 Å². The van der Waals surface area contributed by atoms with E-state index in [0.29, 0.717) is 4.90 Å². The molecule has 0 bridgehead atoms. The summed E-state index contributed by atoms with van der Waals surface area (Å²) in [5.74, 6) is -6.33. The summed E-state index contributed by atoms with van der Waals surface area (Å²) in [6.45, 7) is -1.69. The number of imide groups is 1. The maximum Gasteiger partial charge on any atom is 0.421 e.